The third-order valence-electron chi connectivity index (χ3n) is 5.99. The third-order valence-corrected chi connectivity index (χ3v) is 5.99. The molecule has 2 aromatic rings. The van der Waals surface area contributed by atoms with Crippen LogP contribution in [0.3, 0.4) is 0 Å². The Kier molecular flexibility index (Phi) is 8.76. The SMILES string of the molecule is CC[N+](C)(C)C(OCCOc1ccccc1)(C(=O)C(C)C)c1ccccc1C(=O)C(C)C. The van der Waals surface area contributed by atoms with Crippen LogP contribution in [0.2, 0.25) is 0 Å². The molecular weight excluding hydrogens is 402 g/mol. The normalized spacial score (nSPS) is 13.8. The first kappa shape index (κ1) is 25.8. The van der Waals surface area contributed by atoms with Gasteiger partial charge in [0.2, 0.25) is 5.78 Å². The summed E-state index contributed by atoms with van der Waals surface area (Å²) in [4.78, 5) is 27.0. The van der Waals surface area contributed by atoms with Gasteiger partial charge in [-0.05, 0) is 25.1 Å². The molecule has 174 valence electrons. The number of quaternary nitrogens is 1. The van der Waals surface area contributed by atoms with Gasteiger partial charge in [0.1, 0.15) is 12.4 Å². The van der Waals surface area contributed by atoms with Gasteiger partial charge in [-0.3, -0.25) is 14.1 Å². The molecule has 0 aliphatic heterocycles. The predicted molar refractivity (Wildman–Crippen MR) is 128 cm³/mol. The van der Waals surface area contributed by atoms with Crippen molar-refractivity contribution in [3.63, 3.8) is 0 Å². The summed E-state index contributed by atoms with van der Waals surface area (Å²) >= 11 is 0. The van der Waals surface area contributed by atoms with Gasteiger partial charge in [0, 0.05) is 17.4 Å². The minimum absolute atomic E-state index is 0.00164. The molecule has 5 heteroatoms. The van der Waals surface area contributed by atoms with Crippen LogP contribution < -0.4 is 4.74 Å². The number of rotatable bonds is 12. The zero-order valence-electron chi connectivity index (χ0n) is 20.6. The highest BCUT2D eigenvalue weighted by atomic mass is 16.6. The number of carbonyl (C=O) groups is 2. The van der Waals surface area contributed by atoms with E-state index in [1.54, 1.807) is 6.07 Å². The summed E-state index contributed by atoms with van der Waals surface area (Å²) in [5, 5.41) is 0. The summed E-state index contributed by atoms with van der Waals surface area (Å²) in [5.41, 5.74) is -0.159. The van der Waals surface area contributed by atoms with Crippen molar-refractivity contribution < 1.29 is 23.5 Å². The van der Waals surface area contributed by atoms with Crippen molar-refractivity contribution in [3.05, 3.63) is 65.7 Å². The number of para-hydroxylation sites is 1. The molecule has 0 saturated carbocycles. The van der Waals surface area contributed by atoms with E-state index in [0.717, 1.165) is 5.75 Å². The minimum Gasteiger partial charge on any atom is -0.491 e. The number of hydrogen-bond donors (Lipinski definition) is 0. The van der Waals surface area contributed by atoms with E-state index in [9.17, 15) is 9.59 Å². The Morgan fingerprint density at radius 1 is 0.875 bits per heavy atom. The van der Waals surface area contributed by atoms with Gasteiger partial charge >= 0.3 is 0 Å². The molecule has 0 fully saturated rings. The van der Waals surface area contributed by atoms with Crippen LogP contribution in [0.4, 0.5) is 0 Å². The molecule has 0 spiro atoms. The summed E-state index contributed by atoms with van der Waals surface area (Å²) in [6.45, 7) is 10.7. The number of hydrogen-bond acceptors (Lipinski definition) is 4. The maximum absolute atomic E-state index is 13.9. The molecule has 5 nitrogen and oxygen atoms in total. The summed E-state index contributed by atoms with van der Waals surface area (Å²) in [7, 11) is 3.96. The quantitative estimate of drug-likeness (QED) is 0.200. The van der Waals surface area contributed by atoms with Gasteiger partial charge in [0.05, 0.1) is 32.8 Å². The number of nitrogens with zero attached hydrogens (tertiary/aromatic N) is 1. The van der Waals surface area contributed by atoms with Gasteiger partial charge in [-0.15, -0.1) is 0 Å². The molecular formula is C27H38NO4+. The lowest BCUT2D eigenvalue weighted by molar-refractivity contribution is -0.963. The van der Waals surface area contributed by atoms with E-state index in [1.165, 1.54) is 0 Å². The summed E-state index contributed by atoms with van der Waals surface area (Å²) < 4.78 is 12.6. The molecule has 0 aromatic heterocycles. The van der Waals surface area contributed by atoms with Crippen LogP contribution in [0.1, 0.15) is 50.5 Å². The van der Waals surface area contributed by atoms with Gasteiger partial charge in [0.25, 0.3) is 5.72 Å². The molecule has 1 unspecified atom stereocenters. The van der Waals surface area contributed by atoms with Crippen LogP contribution in [0.5, 0.6) is 5.75 Å². The second kappa shape index (κ2) is 10.9. The highest BCUT2D eigenvalue weighted by Crippen LogP contribution is 2.40. The first-order chi connectivity index (χ1) is 15.1. The van der Waals surface area contributed by atoms with Crippen molar-refractivity contribution >= 4 is 11.6 Å². The van der Waals surface area contributed by atoms with Crippen molar-refractivity contribution in [1.29, 1.82) is 0 Å². The molecule has 0 radical (unpaired) electrons. The smallest absolute Gasteiger partial charge is 0.291 e. The Morgan fingerprint density at radius 3 is 2.03 bits per heavy atom. The maximum atomic E-state index is 13.9. The number of benzene rings is 2. The van der Waals surface area contributed by atoms with Crippen molar-refractivity contribution in [2.45, 2.75) is 40.3 Å². The molecule has 0 aliphatic carbocycles. The highest BCUT2D eigenvalue weighted by molar-refractivity contribution is 6.01. The van der Waals surface area contributed by atoms with E-state index in [0.29, 0.717) is 24.3 Å². The molecule has 0 amide bonds. The Hall–Kier alpha value is -2.50. The summed E-state index contributed by atoms with van der Waals surface area (Å²) in [5.74, 6) is 0.226. The number of likely N-dealkylation sites (N-methyl/N-ethyl adjacent to an activating group) is 1. The van der Waals surface area contributed by atoms with Gasteiger partial charge < -0.3 is 9.47 Å². The first-order valence-electron chi connectivity index (χ1n) is 11.4. The Balaban J connectivity index is 2.56. The molecule has 0 aliphatic rings. The van der Waals surface area contributed by atoms with E-state index in [4.69, 9.17) is 9.47 Å². The minimum atomic E-state index is -1.33. The lowest BCUT2D eigenvalue weighted by Gasteiger charge is -2.47. The molecule has 2 aromatic carbocycles. The Labute approximate surface area is 192 Å². The van der Waals surface area contributed by atoms with Gasteiger partial charge in [-0.25, -0.2) is 0 Å². The molecule has 0 heterocycles. The topological polar surface area (TPSA) is 52.6 Å². The average molecular weight is 441 g/mol. The van der Waals surface area contributed by atoms with Crippen LogP contribution >= 0.6 is 0 Å². The van der Waals surface area contributed by atoms with Crippen LogP contribution in [-0.4, -0.2) is 49.9 Å². The van der Waals surface area contributed by atoms with Crippen molar-refractivity contribution in [2.24, 2.45) is 11.8 Å². The van der Waals surface area contributed by atoms with E-state index in [1.807, 2.05) is 97.2 Å². The van der Waals surface area contributed by atoms with Gasteiger partial charge in [-0.1, -0.05) is 64.1 Å². The van der Waals surface area contributed by atoms with Crippen LogP contribution in [-0.2, 0) is 15.3 Å². The largest absolute Gasteiger partial charge is 0.491 e. The Bertz CT molecular complexity index is 905. The lowest BCUT2D eigenvalue weighted by atomic mass is 9.83. The Morgan fingerprint density at radius 2 is 1.47 bits per heavy atom. The third kappa shape index (κ3) is 5.28. The van der Waals surface area contributed by atoms with E-state index < -0.39 is 5.72 Å². The van der Waals surface area contributed by atoms with E-state index >= 15 is 0 Å². The van der Waals surface area contributed by atoms with Crippen molar-refractivity contribution in [3.8, 4) is 5.75 Å². The standard InChI is InChI=1S/C27H38NO4/c1-8-28(6,7)27(26(30)21(4)5,32-19-18-31-22-14-10-9-11-15-22)24-17-13-12-16-23(24)25(29)20(2)3/h9-17,20-21H,8,18-19H2,1-7H3/q+1. The van der Waals surface area contributed by atoms with Crippen molar-refractivity contribution in [2.75, 3.05) is 33.9 Å². The zero-order chi connectivity index (χ0) is 23.9. The second-order valence-electron chi connectivity index (χ2n) is 9.24. The number of ketones is 2. The zero-order valence-corrected chi connectivity index (χ0v) is 20.6. The maximum Gasteiger partial charge on any atom is 0.291 e. The number of ether oxygens (including phenoxy) is 2. The fourth-order valence-corrected chi connectivity index (χ4v) is 3.86. The van der Waals surface area contributed by atoms with E-state index in [2.05, 4.69) is 0 Å². The molecule has 0 N–H and O–H groups in total. The molecule has 0 saturated heterocycles. The monoisotopic (exact) mass is 440 g/mol. The fraction of sp³-hybridized carbons (Fsp3) is 0.481. The first-order valence-corrected chi connectivity index (χ1v) is 11.4. The fourth-order valence-electron chi connectivity index (χ4n) is 3.86. The van der Waals surface area contributed by atoms with Crippen LogP contribution in [0.15, 0.2) is 54.6 Å². The molecule has 1 atom stereocenters. The van der Waals surface area contributed by atoms with Crippen LogP contribution in [0, 0.1) is 11.8 Å². The summed E-state index contributed by atoms with van der Waals surface area (Å²) in [6, 6.07) is 16.9. The van der Waals surface area contributed by atoms with Gasteiger partial charge in [0.15, 0.2) is 5.78 Å². The van der Waals surface area contributed by atoms with Gasteiger partial charge in [-0.2, -0.15) is 0 Å². The summed E-state index contributed by atoms with van der Waals surface area (Å²) in [6.07, 6.45) is 0. The highest BCUT2D eigenvalue weighted by Gasteiger charge is 2.56. The molecule has 0 bridgehead atoms. The number of carbonyl (C=O) groups excluding carboxylic acids is 2. The molecule has 2 rings (SSSR count). The molecule has 32 heavy (non-hydrogen) atoms. The second-order valence-corrected chi connectivity index (χ2v) is 9.24. The van der Waals surface area contributed by atoms with E-state index in [-0.39, 0.29) is 34.5 Å². The lowest BCUT2D eigenvalue weighted by Crippen LogP contribution is -2.64. The average Bonchev–Trinajstić information content (AvgIpc) is 2.78. The predicted octanol–water partition coefficient (Wildman–Crippen LogP) is 5.10. The number of Topliss-reactive ketones (excluding diaryl/α,β-unsaturated/α-hetero) is 2. The van der Waals surface area contributed by atoms with Crippen LogP contribution in [0.25, 0.3) is 0 Å². The van der Waals surface area contributed by atoms with Crippen molar-refractivity contribution in [1.82, 2.24) is 0 Å².